The highest BCUT2D eigenvalue weighted by atomic mass is 35.5. The van der Waals surface area contributed by atoms with Crippen LogP contribution >= 0.6 is 23.1 Å². The lowest BCUT2D eigenvalue weighted by Crippen LogP contribution is -1.68. The van der Waals surface area contributed by atoms with Gasteiger partial charge in [0.2, 0.25) is 5.28 Å². The molecule has 3 rings (SSSR count). The molecule has 15 heavy (non-hydrogen) atoms. The standard InChI is InChI=1S/C10H5ClN2OS/c11-10-12-9(15-13-10)8-5-6-3-1-2-4-7(6)14-8/h1-5H. The predicted octanol–water partition coefficient (Wildman–Crippen LogP) is 3.60. The van der Waals surface area contributed by atoms with Gasteiger partial charge < -0.3 is 4.42 Å². The van der Waals surface area contributed by atoms with Crippen LogP contribution in [0.2, 0.25) is 5.28 Å². The smallest absolute Gasteiger partial charge is 0.234 e. The Kier molecular flexibility index (Phi) is 1.97. The van der Waals surface area contributed by atoms with Crippen molar-refractivity contribution < 1.29 is 4.42 Å². The molecule has 0 saturated heterocycles. The number of hydrogen-bond acceptors (Lipinski definition) is 4. The van der Waals surface area contributed by atoms with Gasteiger partial charge in [-0.3, -0.25) is 0 Å². The topological polar surface area (TPSA) is 38.9 Å². The van der Waals surface area contributed by atoms with Gasteiger partial charge in [0, 0.05) is 5.39 Å². The largest absolute Gasteiger partial charge is 0.453 e. The molecule has 3 nitrogen and oxygen atoms in total. The summed E-state index contributed by atoms with van der Waals surface area (Å²) in [5.74, 6) is 0.709. The van der Waals surface area contributed by atoms with Crippen molar-refractivity contribution in [1.29, 1.82) is 0 Å². The summed E-state index contributed by atoms with van der Waals surface area (Å²) in [6.07, 6.45) is 0. The summed E-state index contributed by atoms with van der Waals surface area (Å²) in [6, 6.07) is 9.75. The molecular weight excluding hydrogens is 232 g/mol. The van der Waals surface area contributed by atoms with E-state index >= 15 is 0 Å². The number of hydrogen-bond donors (Lipinski definition) is 0. The van der Waals surface area contributed by atoms with E-state index in [0.29, 0.717) is 10.8 Å². The minimum atomic E-state index is 0.260. The van der Waals surface area contributed by atoms with Crippen LogP contribution in [0.25, 0.3) is 21.7 Å². The monoisotopic (exact) mass is 236 g/mol. The van der Waals surface area contributed by atoms with E-state index in [1.807, 2.05) is 30.3 Å². The highest BCUT2D eigenvalue weighted by Gasteiger charge is 2.10. The van der Waals surface area contributed by atoms with Crippen LogP contribution in [0.5, 0.6) is 0 Å². The lowest BCUT2D eigenvalue weighted by molar-refractivity contribution is 0.631. The second kappa shape index (κ2) is 3.32. The summed E-state index contributed by atoms with van der Waals surface area (Å²) in [7, 11) is 0. The number of furan rings is 1. The van der Waals surface area contributed by atoms with Gasteiger partial charge in [0.25, 0.3) is 0 Å². The van der Waals surface area contributed by atoms with E-state index in [9.17, 15) is 0 Å². The fourth-order valence-electron chi connectivity index (χ4n) is 1.39. The van der Waals surface area contributed by atoms with E-state index in [1.165, 1.54) is 11.5 Å². The maximum atomic E-state index is 5.66. The van der Waals surface area contributed by atoms with E-state index in [0.717, 1.165) is 11.0 Å². The summed E-state index contributed by atoms with van der Waals surface area (Å²) in [5, 5.41) is 2.02. The first kappa shape index (κ1) is 8.88. The average Bonchev–Trinajstić information content (AvgIpc) is 2.82. The maximum Gasteiger partial charge on any atom is 0.234 e. The maximum absolute atomic E-state index is 5.66. The number of fused-ring (bicyclic) bond motifs is 1. The second-order valence-corrected chi connectivity index (χ2v) is 4.11. The molecule has 5 heteroatoms. The van der Waals surface area contributed by atoms with Gasteiger partial charge in [0.15, 0.2) is 10.8 Å². The molecule has 0 atom stereocenters. The first-order chi connectivity index (χ1) is 7.33. The van der Waals surface area contributed by atoms with Crippen molar-refractivity contribution in [3.05, 3.63) is 35.6 Å². The molecule has 0 N–H and O–H groups in total. The van der Waals surface area contributed by atoms with Crippen LogP contribution in [-0.4, -0.2) is 9.36 Å². The van der Waals surface area contributed by atoms with E-state index in [-0.39, 0.29) is 5.28 Å². The first-order valence-electron chi connectivity index (χ1n) is 4.31. The van der Waals surface area contributed by atoms with Crippen LogP contribution in [-0.2, 0) is 0 Å². The van der Waals surface area contributed by atoms with Gasteiger partial charge in [-0.05, 0) is 35.3 Å². The Balaban J connectivity index is 2.19. The Morgan fingerprint density at radius 2 is 2.13 bits per heavy atom. The molecule has 0 amide bonds. The van der Waals surface area contributed by atoms with Crippen molar-refractivity contribution in [2.45, 2.75) is 0 Å². The number of para-hydroxylation sites is 1. The van der Waals surface area contributed by atoms with Crippen LogP contribution in [0.4, 0.5) is 0 Å². The Bertz CT molecular complexity index is 583. The number of rotatable bonds is 1. The average molecular weight is 237 g/mol. The molecule has 2 aromatic heterocycles. The molecule has 1 aromatic carbocycles. The van der Waals surface area contributed by atoms with Crippen LogP contribution < -0.4 is 0 Å². The summed E-state index contributed by atoms with van der Waals surface area (Å²) in [6.45, 7) is 0. The van der Waals surface area contributed by atoms with E-state index < -0.39 is 0 Å². The normalized spacial score (nSPS) is 11.0. The predicted molar refractivity (Wildman–Crippen MR) is 60.1 cm³/mol. The molecule has 74 valence electrons. The Labute approximate surface area is 94.5 Å². The molecule has 0 spiro atoms. The highest BCUT2D eigenvalue weighted by molar-refractivity contribution is 7.09. The quantitative estimate of drug-likeness (QED) is 0.648. The molecule has 0 unspecified atom stereocenters. The minimum absolute atomic E-state index is 0.260. The number of aromatic nitrogens is 2. The van der Waals surface area contributed by atoms with Crippen molar-refractivity contribution >= 4 is 34.1 Å². The first-order valence-corrected chi connectivity index (χ1v) is 5.46. The van der Waals surface area contributed by atoms with Gasteiger partial charge in [-0.1, -0.05) is 18.2 Å². The fourth-order valence-corrected chi connectivity index (χ4v) is 2.15. The number of nitrogens with zero attached hydrogens (tertiary/aromatic N) is 2. The lowest BCUT2D eigenvalue weighted by atomic mass is 10.2. The fraction of sp³-hybridized carbons (Fsp3) is 0. The molecule has 0 aliphatic carbocycles. The Morgan fingerprint density at radius 3 is 2.87 bits per heavy atom. The molecular formula is C10H5ClN2OS. The van der Waals surface area contributed by atoms with E-state index in [1.54, 1.807) is 0 Å². The van der Waals surface area contributed by atoms with Crippen molar-refractivity contribution in [2.75, 3.05) is 0 Å². The van der Waals surface area contributed by atoms with Gasteiger partial charge in [-0.25, -0.2) is 4.98 Å². The van der Waals surface area contributed by atoms with Crippen LogP contribution in [0.15, 0.2) is 34.7 Å². The lowest BCUT2D eigenvalue weighted by Gasteiger charge is -1.84. The third-order valence-electron chi connectivity index (χ3n) is 2.04. The van der Waals surface area contributed by atoms with Gasteiger partial charge in [0.05, 0.1) is 0 Å². The molecule has 0 aliphatic heterocycles. The minimum Gasteiger partial charge on any atom is -0.453 e. The molecule has 0 aliphatic rings. The molecule has 0 bridgehead atoms. The van der Waals surface area contributed by atoms with Gasteiger partial charge in [-0.2, -0.15) is 4.37 Å². The SMILES string of the molecule is Clc1nsc(-c2cc3ccccc3o2)n1. The second-order valence-electron chi connectivity index (χ2n) is 3.02. The zero-order valence-electron chi connectivity index (χ0n) is 7.48. The van der Waals surface area contributed by atoms with Crippen molar-refractivity contribution in [3.8, 4) is 10.8 Å². The van der Waals surface area contributed by atoms with Crippen LogP contribution in [0.1, 0.15) is 0 Å². The summed E-state index contributed by atoms with van der Waals surface area (Å²) < 4.78 is 9.52. The van der Waals surface area contributed by atoms with Gasteiger partial charge in [-0.15, -0.1) is 0 Å². The number of halogens is 1. The van der Waals surface area contributed by atoms with E-state index in [2.05, 4.69) is 9.36 Å². The summed E-state index contributed by atoms with van der Waals surface area (Å²) in [4.78, 5) is 4.06. The zero-order valence-corrected chi connectivity index (χ0v) is 9.05. The molecule has 3 aromatic rings. The molecule has 0 radical (unpaired) electrons. The van der Waals surface area contributed by atoms with Crippen LogP contribution in [0.3, 0.4) is 0 Å². The summed E-state index contributed by atoms with van der Waals surface area (Å²) in [5.41, 5.74) is 0.846. The molecule has 0 fully saturated rings. The van der Waals surface area contributed by atoms with E-state index in [4.69, 9.17) is 16.0 Å². The Morgan fingerprint density at radius 1 is 1.27 bits per heavy atom. The van der Waals surface area contributed by atoms with Crippen LogP contribution in [0, 0.1) is 0 Å². The van der Waals surface area contributed by atoms with Crippen molar-refractivity contribution in [3.63, 3.8) is 0 Å². The third-order valence-corrected chi connectivity index (χ3v) is 3.04. The number of benzene rings is 1. The van der Waals surface area contributed by atoms with Gasteiger partial charge >= 0.3 is 0 Å². The molecule has 2 heterocycles. The third kappa shape index (κ3) is 1.52. The molecule has 0 saturated carbocycles. The highest BCUT2D eigenvalue weighted by Crippen LogP contribution is 2.29. The van der Waals surface area contributed by atoms with Crippen molar-refractivity contribution in [2.24, 2.45) is 0 Å². The van der Waals surface area contributed by atoms with Crippen molar-refractivity contribution in [1.82, 2.24) is 9.36 Å². The Hall–Kier alpha value is -1.39. The van der Waals surface area contributed by atoms with Gasteiger partial charge in [0.1, 0.15) is 5.58 Å². The zero-order chi connectivity index (χ0) is 10.3. The summed E-state index contributed by atoms with van der Waals surface area (Å²) >= 11 is 6.89.